The van der Waals surface area contributed by atoms with E-state index in [9.17, 15) is 27.7 Å². The Bertz CT molecular complexity index is 3790. The van der Waals surface area contributed by atoms with Crippen LogP contribution in [0.1, 0.15) is 117 Å². The first-order chi connectivity index (χ1) is 42.0. The van der Waals surface area contributed by atoms with Crippen LogP contribution in [0.15, 0.2) is 114 Å². The van der Waals surface area contributed by atoms with Crippen LogP contribution in [-0.2, 0) is 64.3 Å². The number of aromatic hydroxyl groups is 1. The average Bonchev–Trinajstić information content (AvgIpc) is 1.56. The second-order valence-corrected chi connectivity index (χ2v) is 25.6. The first-order valence-corrected chi connectivity index (χ1v) is 31.7. The zero-order valence-electron chi connectivity index (χ0n) is 52.2. The molecule has 1 unspecified atom stereocenters. The maximum absolute atomic E-state index is 13.2. The summed E-state index contributed by atoms with van der Waals surface area (Å²) in [6, 6.07) is 20.9. The van der Waals surface area contributed by atoms with Crippen molar-refractivity contribution in [3.8, 4) is 17.4 Å². The fourth-order valence-electron chi connectivity index (χ4n) is 11.9. The van der Waals surface area contributed by atoms with E-state index in [4.69, 9.17) is 29.4 Å². The second kappa shape index (κ2) is 27.7. The van der Waals surface area contributed by atoms with Crippen molar-refractivity contribution >= 4 is 55.9 Å². The van der Waals surface area contributed by atoms with Gasteiger partial charge in [-0.3, -0.25) is 14.1 Å². The molecule has 0 spiro atoms. The van der Waals surface area contributed by atoms with Crippen molar-refractivity contribution in [3.05, 3.63) is 159 Å². The third-order valence-electron chi connectivity index (χ3n) is 17.2. The number of pyridine rings is 1. The molecule has 2 amide bonds. The Morgan fingerprint density at radius 2 is 1.55 bits per heavy atom. The van der Waals surface area contributed by atoms with Crippen molar-refractivity contribution in [1.82, 2.24) is 25.6 Å². The summed E-state index contributed by atoms with van der Waals surface area (Å²) in [5, 5.41) is 16.5. The van der Waals surface area contributed by atoms with Crippen molar-refractivity contribution in [2.75, 3.05) is 69.9 Å². The molecular weight excluding hydrogens is 1140 g/mol. The van der Waals surface area contributed by atoms with Gasteiger partial charge in [-0.25, -0.2) is 4.98 Å². The number of hydrogen-bond acceptors (Lipinski definition) is 14. The van der Waals surface area contributed by atoms with Crippen LogP contribution >= 0.6 is 0 Å². The van der Waals surface area contributed by atoms with Gasteiger partial charge in [0.2, 0.25) is 17.5 Å². The van der Waals surface area contributed by atoms with E-state index in [2.05, 4.69) is 106 Å². The van der Waals surface area contributed by atoms with Gasteiger partial charge in [0.15, 0.2) is 16.8 Å². The lowest BCUT2D eigenvalue weighted by molar-refractivity contribution is -0.438. The minimum absolute atomic E-state index is 0.0296. The summed E-state index contributed by atoms with van der Waals surface area (Å²) in [6.45, 7) is 22.9. The second-order valence-electron chi connectivity index (χ2n) is 24.2. The smallest absolute Gasteiger partial charge is 0.294 e. The SMILES string of the molecule is Cc1ccc2c(c1)C(C)(C)C(=CC=CC=CC1=[N+](CCCCCC(=O)NCc3ccc(COc4nc(N)cc5[nH]cnc45)cc3)c3ccc(S(=O)(=O)O)cc3C1(C)C)N2CCOCCOCCOCCNC(=O)C1(C)CCc2c(C)c(O)c(C)c(C)c2O1. The van der Waals surface area contributed by atoms with Crippen molar-refractivity contribution in [1.29, 1.82) is 0 Å². The molecule has 9 rings (SSSR count). The Hall–Kier alpha value is -7.88. The minimum Gasteiger partial charge on any atom is -0.507 e. The van der Waals surface area contributed by atoms with Crippen LogP contribution in [0, 0.1) is 27.7 Å². The number of unbranched alkanes of at least 4 members (excludes halogenated alkanes) is 2. The highest BCUT2D eigenvalue weighted by Gasteiger charge is 2.45. The maximum atomic E-state index is 13.2. The molecule has 468 valence electrons. The molecule has 20 heteroatoms. The molecule has 3 aliphatic rings. The van der Waals surface area contributed by atoms with Gasteiger partial charge in [0.25, 0.3) is 16.0 Å². The van der Waals surface area contributed by atoms with E-state index in [1.165, 1.54) is 17.2 Å². The number of nitrogens with two attached hydrogens (primary N) is 1. The number of aryl methyl sites for hydroxylation is 1. The van der Waals surface area contributed by atoms with Gasteiger partial charge in [0, 0.05) is 85.0 Å². The topological polar surface area (TPSA) is 253 Å². The quantitative estimate of drug-likeness (QED) is 0.0116. The Morgan fingerprint density at radius 1 is 0.818 bits per heavy atom. The van der Waals surface area contributed by atoms with Gasteiger partial charge in [-0.2, -0.15) is 18.0 Å². The number of ether oxygens (including phenoxy) is 5. The number of allylic oxidation sites excluding steroid dienone is 6. The van der Waals surface area contributed by atoms with Crippen LogP contribution in [0.4, 0.5) is 17.2 Å². The molecule has 3 aliphatic heterocycles. The third kappa shape index (κ3) is 14.6. The molecule has 0 bridgehead atoms. The van der Waals surface area contributed by atoms with Crippen LogP contribution in [0.5, 0.6) is 17.4 Å². The predicted molar refractivity (Wildman–Crippen MR) is 342 cm³/mol. The number of benzene rings is 4. The zero-order chi connectivity index (χ0) is 63.0. The highest BCUT2D eigenvalue weighted by Crippen LogP contribution is 2.48. The Morgan fingerprint density at radius 3 is 2.30 bits per heavy atom. The number of imidazole rings is 1. The fraction of sp³-hybridized carbons (Fsp3) is 0.426. The predicted octanol–water partition coefficient (Wildman–Crippen LogP) is 10.3. The lowest BCUT2D eigenvalue weighted by atomic mass is 9.81. The number of phenols is 1. The molecule has 19 nitrogen and oxygen atoms in total. The number of H-pyrrole nitrogens is 1. The number of rotatable bonds is 28. The van der Waals surface area contributed by atoms with E-state index in [1.54, 1.807) is 24.5 Å². The maximum Gasteiger partial charge on any atom is 0.294 e. The minimum atomic E-state index is -4.43. The van der Waals surface area contributed by atoms with E-state index in [1.807, 2.05) is 64.1 Å². The van der Waals surface area contributed by atoms with Crippen LogP contribution < -0.4 is 30.7 Å². The van der Waals surface area contributed by atoms with Gasteiger partial charge in [0.1, 0.15) is 30.5 Å². The van der Waals surface area contributed by atoms with Crippen LogP contribution in [0.25, 0.3) is 11.0 Å². The van der Waals surface area contributed by atoms with Gasteiger partial charge in [-0.1, -0.05) is 74.0 Å². The standard InChI is InChI=1S/C68H84N8O11S/c1-44-19-25-55-52(38-44)66(5,6)58(76(55)31-33-84-35-37-85-36-34-83-32-29-70-65(79)68(9)28-27-51-47(4)62(78)45(2)46(3)63(51)87-68)17-13-10-12-16-57-67(7,8)53-39-50(88(80,81)82)24-26-56(53)75(57)30-15-11-14-18-60(77)71-41-48-20-22-49(23-21-48)42-86-64-61-54(72-43-73-61)40-59(69)74-64/h10,12-13,16-17,19-26,38-40,43H,11,14-15,18,27-37,41-42H2,1-9H3,(H6-,69,70,71,72,73,74,77,78,79,80,81,82)/p+1. The number of phenolic OH excluding ortho intramolecular Hbond substituents is 1. The van der Waals surface area contributed by atoms with Gasteiger partial charge in [-0.05, 0) is 125 Å². The van der Waals surface area contributed by atoms with Crippen molar-refractivity contribution in [2.45, 2.75) is 135 Å². The number of anilines is 2. The number of nitrogen functional groups attached to an aromatic ring is 1. The Balaban J connectivity index is 0.734. The molecule has 0 aliphatic carbocycles. The van der Waals surface area contributed by atoms with E-state index in [0.29, 0.717) is 114 Å². The molecule has 4 aromatic carbocycles. The number of amides is 2. The average molecular weight is 1220 g/mol. The van der Waals surface area contributed by atoms with Crippen molar-refractivity contribution < 1.29 is 55.9 Å². The number of fused-ring (bicyclic) bond motifs is 4. The number of nitrogens with one attached hydrogen (secondary N) is 3. The lowest BCUT2D eigenvalue weighted by Crippen LogP contribution is -2.51. The first-order valence-electron chi connectivity index (χ1n) is 30.3. The van der Waals surface area contributed by atoms with Crippen LogP contribution in [-0.4, -0.2) is 120 Å². The number of aromatic nitrogens is 3. The monoisotopic (exact) mass is 1220 g/mol. The first kappa shape index (κ1) is 64.6. The van der Waals surface area contributed by atoms with E-state index in [0.717, 1.165) is 80.1 Å². The van der Waals surface area contributed by atoms with E-state index < -0.39 is 21.1 Å². The molecule has 0 fully saturated rings. The normalized spacial score (nSPS) is 17.2. The Labute approximate surface area is 516 Å². The number of carbonyl (C=O) groups is 2. The number of aromatic amines is 1. The highest BCUT2D eigenvalue weighted by atomic mass is 32.2. The van der Waals surface area contributed by atoms with Gasteiger partial charge in [-0.15, -0.1) is 0 Å². The van der Waals surface area contributed by atoms with Crippen LogP contribution in [0.3, 0.4) is 0 Å². The molecule has 0 saturated heterocycles. The molecule has 0 saturated carbocycles. The van der Waals surface area contributed by atoms with Crippen molar-refractivity contribution in [3.63, 3.8) is 0 Å². The molecule has 88 heavy (non-hydrogen) atoms. The molecule has 7 N–H and O–H groups in total. The molecule has 1 atom stereocenters. The number of carbonyl (C=O) groups excluding carboxylic acids is 2. The summed E-state index contributed by atoms with van der Waals surface area (Å²) >= 11 is 0. The zero-order valence-corrected chi connectivity index (χ0v) is 53.0. The fourth-order valence-corrected chi connectivity index (χ4v) is 12.4. The molecule has 0 radical (unpaired) electrons. The lowest BCUT2D eigenvalue weighted by Gasteiger charge is -2.36. The third-order valence-corrected chi connectivity index (χ3v) is 18.1. The van der Waals surface area contributed by atoms with Gasteiger partial charge < -0.3 is 55.0 Å². The number of hydrogen-bond donors (Lipinski definition) is 6. The largest absolute Gasteiger partial charge is 0.507 e. The van der Waals surface area contributed by atoms with E-state index >= 15 is 0 Å². The number of nitrogens with zero attached hydrogens (tertiary/aromatic N) is 4. The molecular formula is C68H85N8O11S+. The van der Waals surface area contributed by atoms with Crippen LogP contribution in [0.2, 0.25) is 0 Å². The summed E-state index contributed by atoms with van der Waals surface area (Å²) < 4.78 is 66.8. The van der Waals surface area contributed by atoms with Gasteiger partial charge >= 0.3 is 0 Å². The molecule has 5 heterocycles. The molecule has 6 aromatic rings. The highest BCUT2D eigenvalue weighted by molar-refractivity contribution is 7.85. The summed E-state index contributed by atoms with van der Waals surface area (Å²) in [4.78, 5) is 40.0. The summed E-state index contributed by atoms with van der Waals surface area (Å²) in [7, 11) is -4.43. The summed E-state index contributed by atoms with van der Waals surface area (Å²) in [6.07, 6.45) is 15.7. The summed E-state index contributed by atoms with van der Waals surface area (Å²) in [5.74, 6) is 1.45. The van der Waals surface area contributed by atoms with Gasteiger partial charge in [0.05, 0.1) is 61.8 Å². The van der Waals surface area contributed by atoms with E-state index in [-0.39, 0.29) is 34.5 Å². The molecule has 2 aromatic heterocycles. The van der Waals surface area contributed by atoms with Crippen molar-refractivity contribution in [2.24, 2.45) is 0 Å². The summed E-state index contributed by atoms with van der Waals surface area (Å²) in [5.41, 5.74) is 18.0. The Kier molecular flexibility index (Phi) is 20.3.